The van der Waals surface area contributed by atoms with Gasteiger partial charge in [-0.25, -0.2) is 8.42 Å². The number of hydrogen-bond donors (Lipinski definition) is 1. The summed E-state index contributed by atoms with van der Waals surface area (Å²) in [5, 5.41) is 9.13. The first-order chi connectivity index (χ1) is 10.2. The number of nitrogens with zero attached hydrogens (tertiary/aromatic N) is 1. The van der Waals surface area contributed by atoms with Crippen LogP contribution in [0.15, 0.2) is 0 Å². The number of piperidine rings is 1. The fourth-order valence-electron chi connectivity index (χ4n) is 3.32. The zero-order valence-electron chi connectivity index (χ0n) is 12.9. The van der Waals surface area contributed by atoms with Crippen LogP contribution in [0, 0.1) is 11.3 Å². The Hall–Kier alpha value is -1.15. The van der Waals surface area contributed by atoms with Crippen LogP contribution in [0.3, 0.4) is 0 Å². The zero-order chi connectivity index (χ0) is 16.5. The molecule has 1 saturated heterocycles. The van der Waals surface area contributed by atoms with E-state index in [-0.39, 0.29) is 18.3 Å². The Labute approximate surface area is 130 Å². The van der Waals surface area contributed by atoms with E-state index < -0.39 is 33.3 Å². The lowest BCUT2D eigenvalue weighted by Crippen LogP contribution is -2.53. The van der Waals surface area contributed by atoms with Crippen molar-refractivity contribution in [3.63, 3.8) is 0 Å². The number of ether oxygens (including phenoxy) is 1. The second-order valence-electron chi connectivity index (χ2n) is 6.41. The third-order valence-electron chi connectivity index (χ3n) is 4.92. The average Bonchev–Trinajstić information content (AvgIpc) is 2.42. The summed E-state index contributed by atoms with van der Waals surface area (Å²) in [5.41, 5.74) is -0.955. The molecule has 0 radical (unpaired) electrons. The molecule has 126 valence electrons. The molecule has 2 fully saturated rings. The third-order valence-corrected chi connectivity index (χ3v) is 7.06. The highest BCUT2D eigenvalue weighted by atomic mass is 32.2. The monoisotopic (exact) mass is 333 g/mol. The molecule has 1 aliphatic heterocycles. The summed E-state index contributed by atoms with van der Waals surface area (Å²) in [6, 6.07) is -0.240. The van der Waals surface area contributed by atoms with Crippen LogP contribution < -0.4 is 0 Å². The SMILES string of the molecule is COC(=O)C1(CS(=O)(=O)N2CC(C(=O)O)CCC2C)CCC1. The minimum absolute atomic E-state index is 0.0178. The normalized spacial score (nSPS) is 28.6. The van der Waals surface area contributed by atoms with Gasteiger partial charge in [-0.1, -0.05) is 6.42 Å². The number of carbonyl (C=O) groups is 2. The molecule has 2 unspecified atom stereocenters. The van der Waals surface area contributed by atoms with E-state index in [0.717, 1.165) is 6.42 Å². The van der Waals surface area contributed by atoms with Gasteiger partial charge in [-0.3, -0.25) is 9.59 Å². The van der Waals surface area contributed by atoms with Gasteiger partial charge in [0.1, 0.15) is 0 Å². The lowest BCUT2D eigenvalue weighted by molar-refractivity contribution is -0.156. The zero-order valence-corrected chi connectivity index (χ0v) is 13.8. The van der Waals surface area contributed by atoms with Crippen LogP contribution in [0.1, 0.15) is 39.0 Å². The number of methoxy groups -OCH3 is 1. The molecule has 1 saturated carbocycles. The minimum Gasteiger partial charge on any atom is -0.481 e. The maximum Gasteiger partial charge on any atom is 0.312 e. The lowest BCUT2D eigenvalue weighted by atomic mass is 9.70. The molecule has 0 aromatic carbocycles. The van der Waals surface area contributed by atoms with Crippen LogP contribution in [-0.2, 0) is 24.3 Å². The van der Waals surface area contributed by atoms with E-state index in [4.69, 9.17) is 9.84 Å². The Morgan fingerprint density at radius 1 is 1.32 bits per heavy atom. The second kappa shape index (κ2) is 6.16. The van der Waals surface area contributed by atoms with Gasteiger partial charge in [0.15, 0.2) is 0 Å². The molecule has 0 bridgehead atoms. The molecule has 2 atom stereocenters. The summed E-state index contributed by atoms with van der Waals surface area (Å²) in [6.45, 7) is 1.76. The Morgan fingerprint density at radius 2 is 1.95 bits per heavy atom. The van der Waals surface area contributed by atoms with E-state index >= 15 is 0 Å². The van der Waals surface area contributed by atoms with Gasteiger partial charge in [-0.2, -0.15) is 4.31 Å². The maximum atomic E-state index is 12.7. The van der Waals surface area contributed by atoms with Gasteiger partial charge in [0.25, 0.3) is 0 Å². The molecular weight excluding hydrogens is 310 g/mol. The van der Waals surface area contributed by atoms with Gasteiger partial charge >= 0.3 is 11.9 Å². The van der Waals surface area contributed by atoms with Gasteiger partial charge in [0.05, 0.1) is 24.2 Å². The van der Waals surface area contributed by atoms with Crippen molar-refractivity contribution in [3.8, 4) is 0 Å². The highest BCUT2D eigenvalue weighted by Crippen LogP contribution is 2.44. The Morgan fingerprint density at radius 3 is 2.41 bits per heavy atom. The van der Waals surface area contributed by atoms with Gasteiger partial charge in [0, 0.05) is 12.6 Å². The van der Waals surface area contributed by atoms with Crippen LogP contribution in [0.4, 0.5) is 0 Å². The van der Waals surface area contributed by atoms with Crippen LogP contribution in [-0.4, -0.2) is 55.2 Å². The molecule has 2 rings (SSSR count). The molecule has 7 nitrogen and oxygen atoms in total. The number of carboxylic acid groups (broad SMARTS) is 1. The molecule has 0 amide bonds. The molecule has 1 N–H and O–H groups in total. The number of carbonyl (C=O) groups excluding carboxylic acids is 1. The molecule has 22 heavy (non-hydrogen) atoms. The van der Waals surface area contributed by atoms with Crippen molar-refractivity contribution in [2.45, 2.75) is 45.1 Å². The number of rotatable bonds is 5. The van der Waals surface area contributed by atoms with Gasteiger partial charge in [-0.05, 0) is 32.6 Å². The smallest absolute Gasteiger partial charge is 0.312 e. The maximum absolute atomic E-state index is 12.7. The van der Waals surface area contributed by atoms with Crippen molar-refractivity contribution in [3.05, 3.63) is 0 Å². The Balaban J connectivity index is 2.18. The van der Waals surface area contributed by atoms with E-state index in [0.29, 0.717) is 25.7 Å². The first kappa shape index (κ1) is 17.2. The Kier molecular flexibility index (Phi) is 4.81. The predicted molar refractivity (Wildman–Crippen MR) is 78.6 cm³/mol. The average molecular weight is 333 g/mol. The quantitative estimate of drug-likeness (QED) is 0.748. The van der Waals surface area contributed by atoms with Crippen LogP contribution in [0.5, 0.6) is 0 Å². The molecular formula is C14H23NO6S. The van der Waals surface area contributed by atoms with Crippen LogP contribution >= 0.6 is 0 Å². The largest absolute Gasteiger partial charge is 0.481 e. The highest BCUT2D eigenvalue weighted by Gasteiger charge is 2.50. The number of sulfonamides is 1. The van der Waals surface area contributed by atoms with Crippen molar-refractivity contribution in [1.29, 1.82) is 0 Å². The summed E-state index contributed by atoms with van der Waals surface area (Å²) in [4.78, 5) is 23.1. The van der Waals surface area contributed by atoms with E-state index in [1.165, 1.54) is 11.4 Å². The molecule has 0 spiro atoms. The highest BCUT2D eigenvalue weighted by molar-refractivity contribution is 7.89. The van der Waals surface area contributed by atoms with Crippen molar-refractivity contribution in [2.75, 3.05) is 19.4 Å². The molecule has 0 aromatic heterocycles. The summed E-state index contributed by atoms with van der Waals surface area (Å²) in [5.74, 6) is -2.43. The number of carboxylic acids is 1. The van der Waals surface area contributed by atoms with Gasteiger partial charge in [-0.15, -0.1) is 0 Å². The van der Waals surface area contributed by atoms with Crippen LogP contribution in [0.25, 0.3) is 0 Å². The van der Waals surface area contributed by atoms with E-state index in [9.17, 15) is 18.0 Å². The first-order valence-electron chi connectivity index (χ1n) is 7.52. The number of hydrogen-bond acceptors (Lipinski definition) is 5. The number of esters is 1. The second-order valence-corrected chi connectivity index (χ2v) is 8.33. The summed E-state index contributed by atoms with van der Waals surface area (Å²) in [7, 11) is -2.44. The Bertz CT molecular complexity index is 554. The minimum atomic E-state index is -3.70. The van der Waals surface area contributed by atoms with Crippen LogP contribution in [0.2, 0.25) is 0 Å². The number of aliphatic carboxylic acids is 1. The fourth-order valence-corrected chi connectivity index (χ4v) is 5.66. The first-order valence-corrected chi connectivity index (χ1v) is 9.13. The molecule has 1 aliphatic carbocycles. The molecule has 1 heterocycles. The molecule has 2 aliphatic rings. The summed E-state index contributed by atoms with van der Waals surface area (Å²) >= 11 is 0. The topological polar surface area (TPSA) is 101 Å². The van der Waals surface area contributed by atoms with E-state index in [1.807, 2.05) is 0 Å². The van der Waals surface area contributed by atoms with Gasteiger partial charge in [0.2, 0.25) is 10.0 Å². The molecule has 0 aromatic rings. The summed E-state index contributed by atoms with van der Waals surface area (Å²) < 4.78 is 31.5. The predicted octanol–water partition coefficient (Wildman–Crippen LogP) is 0.845. The standard InChI is InChI=1S/C14H23NO6S/c1-10-4-5-11(12(16)17)8-15(10)22(19,20)9-14(6-3-7-14)13(18)21-2/h10-11H,3-9H2,1-2H3,(H,16,17). The van der Waals surface area contributed by atoms with Gasteiger partial charge < -0.3 is 9.84 Å². The fraction of sp³-hybridized carbons (Fsp3) is 0.857. The van der Waals surface area contributed by atoms with Crippen molar-refractivity contribution >= 4 is 22.0 Å². The van der Waals surface area contributed by atoms with Crippen molar-refractivity contribution < 1.29 is 27.9 Å². The summed E-state index contributed by atoms with van der Waals surface area (Å²) in [6.07, 6.45) is 2.80. The van der Waals surface area contributed by atoms with Crippen molar-refractivity contribution in [2.24, 2.45) is 11.3 Å². The lowest BCUT2D eigenvalue weighted by Gasteiger charge is -2.42. The van der Waals surface area contributed by atoms with E-state index in [2.05, 4.69) is 0 Å². The van der Waals surface area contributed by atoms with E-state index in [1.54, 1.807) is 6.92 Å². The molecule has 8 heteroatoms. The van der Waals surface area contributed by atoms with Crippen molar-refractivity contribution in [1.82, 2.24) is 4.31 Å². The third kappa shape index (κ3) is 3.12.